The molecule has 2 fully saturated rings. The number of ether oxygens (including phenoxy) is 3. The molecule has 0 bridgehead atoms. The van der Waals surface area contributed by atoms with E-state index in [1.165, 1.54) is 0 Å². The molecule has 2 rings (SSSR count). The van der Waals surface area contributed by atoms with E-state index < -0.39 is 0 Å². The average Bonchev–Trinajstić information content (AvgIpc) is 2.23. The molecule has 0 aliphatic carbocycles. The Hall–Kier alpha value is -0.160. The molecule has 0 radical (unpaired) electrons. The standard InChI is InChI=1S/C11H21NO3/c1-11(2)14-8-10(9-15-11)7-12-3-5-13-6-4-12/h10H,3-9H2,1-2H3. The lowest BCUT2D eigenvalue weighted by Gasteiger charge is -2.37. The molecule has 0 amide bonds. The molecule has 0 N–H and O–H groups in total. The number of rotatable bonds is 2. The van der Waals surface area contributed by atoms with E-state index in [1.54, 1.807) is 0 Å². The Morgan fingerprint density at radius 3 is 2.33 bits per heavy atom. The third-order valence-corrected chi connectivity index (χ3v) is 2.95. The van der Waals surface area contributed by atoms with Gasteiger partial charge in [-0.1, -0.05) is 0 Å². The highest BCUT2D eigenvalue weighted by atomic mass is 16.7. The lowest BCUT2D eigenvalue weighted by molar-refractivity contribution is -0.263. The summed E-state index contributed by atoms with van der Waals surface area (Å²) in [6, 6.07) is 0. The van der Waals surface area contributed by atoms with Crippen molar-refractivity contribution in [2.75, 3.05) is 46.1 Å². The van der Waals surface area contributed by atoms with E-state index in [-0.39, 0.29) is 5.79 Å². The first kappa shape index (κ1) is 11.3. The zero-order valence-corrected chi connectivity index (χ0v) is 9.70. The minimum atomic E-state index is -0.387. The Bertz CT molecular complexity index is 192. The molecule has 15 heavy (non-hydrogen) atoms. The number of hydrogen-bond acceptors (Lipinski definition) is 4. The molecule has 0 atom stereocenters. The molecule has 0 aromatic rings. The monoisotopic (exact) mass is 215 g/mol. The Kier molecular flexibility index (Phi) is 3.61. The maximum Gasteiger partial charge on any atom is 0.162 e. The highest BCUT2D eigenvalue weighted by Crippen LogP contribution is 2.21. The van der Waals surface area contributed by atoms with Gasteiger partial charge in [0, 0.05) is 25.6 Å². The first-order valence-electron chi connectivity index (χ1n) is 5.74. The minimum absolute atomic E-state index is 0.387. The largest absolute Gasteiger partial charge is 0.379 e. The van der Waals surface area contributed by atoms with Crippen LogP contribution < -0.4 is 0 Å². The van der Waals surface area contributed by atoms with Gasteiger partial charge >= 0.3 is 0 Å². The summed E-state index contributed by atoms with van der Waals surface area (Å²) in [5.41, 5.74) is 0. The summed E-state index contributed by atoms with van der Waals surface area (Å²) in [5.74, 6) is 0.123. The van der Waals surface area contributed by atoms with Crippen molar-refractivity contribution in [2.24, 2.45) is 5.92 Å². The summed E-state index contributed by atoms with van der Waals surface area (Å²) in [5, 5.41) is 0. The normalized spacial score (nSPS) is 29.2. The van der Waals surface area contributed by atoms with Crippen molar-refractivity contribution >= 4 is 0 Å². The molecule has 2 aliphatic rings. The van der Waals surface area contributed by atoms with Gasteiger partial charge in [-0.3, -0.25) is 4.90 Å². The van der Waals surface area contributed by atoms with Gasteiger partial charge in [-0.15, -0.1) is 0 Å². The lowest BCUT2D eigenvalue weighted by atomic mass is 10.1. The van der Waals surface area contributed by atoms with Crippen LogP contribution >= 0.6 is 0 Å². The molecule has 0 saturated carbocycles. The maximum atomic E-state index is 5.64. The second-order valence-corrected chi connectivity index (χ2v) is 4.80. The van der Waals surface area contributed by atoms with E-state index >= 15 is 0 Å². The van der Waals surface area contributed by atoms with Crippen LogP contribution in [0.5, 0.6) is 0 Å². The van der Waals surface area contributed by atoms with E-state index in [1.807, 2.05) is 13.8 Å². The molecule has 88 valence electrons. The molecule has 0 aromatic carbocycles. The van der Waals surface area contributed by atoms with Crippen LogP contribution in [-0.2, 0) is 14.2 Å². The van der Waals surface area contributed by atoms with Gasteiger partial charge in [-0.25, -0.2) is 0 Å². The molecular weight excluding hydrogens is 194 g/mol. The zero-order valence-electron chi connectivity index (χ0n) is 9.70. The fourth-order valence-corrected chi connectivity index (χ4v) is 1.98. The molecule has 4 nitrogen and oxygen atoms in total. The molecule has 0 unspecified atom stereocenters. The quantitative estimate of drug-likeness (QED) is 0.679. The van der Waals surface area contributed by atoms with Crippen LogP contribution in [0.25, 0.3) is 0 Å². The predicted molar refractivity (Wildman–Crippen MR) is 56.7 cm³/mol. The topological polar surface area (TPSA) is 30.9 Å². The first-order valence-corrected chi connectivity index (χ1v) is 5.74. The summed E-state index contributed by atoms with van der Waals surface area (Å²) < 4.78 is 16.6. The van der Waals surface area contributed by atoms with E-state index in [0.717, 1.165) is 46.1 Å². The third-order valence-electron chi connectivity index (χ3n) is 2.95. The second kappa shape index (κ2) is 4.78. The zero-order chi connectivity index (χ0) is 10.7. The van der Waals surface area contributed by atoms with Crippen molar-refractivity contribution in [3.05, 3.63) is 0 Å². The Balaban J connectivity index is 1.71. The Morgan fingerprint density at radius 2 is 1.73 bits per heavy atom. The van der Waals surface area contributed by atoms with Crippen molar-refractivity contribution in [1.82, 2.24) is 4.90 Å². The van der Waals surface area contributed by atoms with Gasteiger partial charge in [-0.2, -0.15) is 0 Å². The average molecular weight is 215 g/mol. The smallest absolute Gasteiger partial charge is 0.162 e. The van der Waals surface area contributed by atoms with Gasteiger partial charge in [0.15, 0.2) is 5.79 Å². The van der Waals surface area contributed by atoms with Crippen LogP contribution in [0.1, 0.15) is 13.8 Å². The van der Waals surface area contributed by atoms with Gasteiger partial charge in [0.1, 0.15) is 0 Å². The fraction of sp³-hybridized carbons (Fsp3) is 1.00. The van der Waals surface area contributed by atoms with Gasteiger partial charge in [-0.05, 0) is 13.8 Å². The Labute approximate surface area is 91.5 Å². The van der Waals surface area contributed by atoms with Gasteiger partial charge in [0.2, 0.25) is 0 Å². The summed E-state index contributed by atoms with van der Waals surface area (Å²) in [6.07, 6.45) is 0. The van der Waals surface area contributed by atoms with E-state index in [9.17, 15) is 0 Å². The van der Waals surface area contributed by atoms with E-state index in [4.69, 9.17) is 14.2 Å². The van der Waals surface area contributed by atoms with Crippen molar-refractivity contribution in [2.45, 2.75) is 19.6 Å². The van der Waals surface area contributed by atoms with Crippen molar-refractivity contribution in [1.29, 1.82) is 0 Å². The molecular formula is C11H21NO3. The number of hydrogen-bond donors (Lipinski definition) is 0. The predicted octanol–water partition coefficient (Wildman–Crippen LogP) is 0.718. The van der Waals surface area contributed by atoms with Gasteiger partial charge < -0.3 is 14.2 Å². The highest BCUT2D eigenvalue weighted by Gasteiger charge is 2.29. The van der Waals surface area contributed by atoms with Crippen LogP contribution in [0.4, 0.5) is 0 Å². The minimum Gasteiger partial charge on any atom is -0.379 e. The van der Waals surface area contributed by atoms with Crippen molar-refractivity contribution in [3.63, 3.8) is 0 Å². The molecule has 0 spiro atoms. The molecule has 4 heteroatoms. The van der Waals surface area contributed by atoms with Crippen LogP contribution in [0.15, 0.2) is 0 Å². The van der Waals surface area contributed by atoms with Crippen LogP contribution in [0.3, 0.4) is 0 Å². The lowest BCUT2D eigenvalue weighted by Crippen LogP contribution is -2.46. The molecule has 2 saturated heterocycles. The number of morpholine rings is 1. The van der Waals surface area contributed by atoms with Crippen LogP contribution in [0.2, 0.25) is 0 Å². The van der Waals surface area contributed by atoms with Crippen molar-refractivity contribution < 1.29 is 14.2 Å². The summed E-state index contributed by atoms with van der Waals surface area (Å²) >= 11 is 0. The molecule has 2 heterocycles. The second-order valence-electron chi connectivity index (χ2n) is 4.80. The van der Waals surface area contributed by atoms with E-state index in [2.05, 4.69) is 4.90 Å². The maximum absolute atomic E-state index is 5.64. The van der Waals surface area contributed by atoms with Crippen molar-refractivity contribution in [3.8, 4) is 0 Å². The first-order chi connectivity index (χ1) is 7.16. The fourth-order valence-electron chi connectivity index (χ4n) is 1.98. The summed E-state index contributed by atoms with van der Waals surface area (Å²) in [7, 11) is 0. The third kappa shape index (κ3) is 3.41. The number of nitrogens with zero attached hydrogens (tertiary/aromatic N) is 1. The highest BCUT2D eigenvalue weighted by molar-refractivity contribution is 4.72. The van der Waals surface area contributed by atoms with Gasteiger partial charge in [0.05, 0.1) is 26.4 Å². The van der Waals surface area contributed by atoms with Crippen LogP contribution in [0, 0.1) is 5.92 Å². The summed E-state index contributed by atoms with van der Waals surface area (Å²) in [4.78, 5) is 2.43. The van der Waals surface area contributed by atoms with Crippen LogP contribution in [-0.4, -0.2) is 56.7 Å². The summed E-state index contributed by atoms with van der Waals surface area (Å²) in [6.45, 7) is 10.4. The van der Waals surface area contributed by atoms with E-state index in [0.29, 0.717) is 5.92 Å². The SMILES string of the molecule is CC1(C)OCC(CN2CCOCC2)CO1. The van der Waals surface area contributed by atoms with Gasteiger partial charge in [0.25, 0.3) is 0 Å². The Morgan fingerprint density at radius 1 is 1.13 bits per heavy atom. The molecule has 2 aliphatic heterocycles. The molecule has 0 aromatic heterocycles.